The Kier molecular flexibility index (Phi) is 6.43. The third-order valence-corrected chi connectivity index (χ3v) is 3.86. The van der Waals surface area contributed by atoms with E-state index < -0.39 is 5.60 Å². The van der Waals surface area contributed by atoms with Crippen molar-refractivity contribution >= 4 is 0 Å². The summed E-state index contributed by atoms with van der Waals surface area (Å²) in [4.78, 5) is 0. The minimum atomic E-state index is -0.613. The van der Waals surface area contributed by atoms with Crippen molar-refractivity contribution in [3.63, 3.8) is 0 Å². The van der Waals surface area contributed by atoms with E-state index in [4.69, 9.17) is 0 Å². The molecule has 2 heteroatoms. The van der Waals surface area contributed by atoms with Gasteiger partial charge in [-0.2, -0.15) is 0 Å². The second-order valence-corrected chi connectivity index (χ2v) is 6.97. The monoisotopic (exact) mass is 302 g/mol. The summed E-state index contributed by atoms with van der Waals surface area (Å²) in [6.07, 6.45) is 6.76. The van der Waals surface area contributed by atoms with Gasteiger partial charge in [0.1, 0.15) is 5.75 Å². The van der Waals surface area contributed by atoms with E-state index >= 15 is 0 Å². The minimum absolute atomic E-state index is 0.399. The highest BCUT2D eigenvalue weighted by molar-refractivity contribution is 5.37. The van der Waals surface area contributed by atoms with E-state index in [1.54, 1.807) is 6.07 Å². The van der Waals surface area contributed by atoms with Gasteiger partial charge in [0.25, 0.3) is 0 Å². The first-order chi connectivity index (χ1) is 10.1. The lowest BCUT2D eigenvalue weighted by Crippen LogP contribution is -2.22. The van der Waals surface area contributed by atoms with E-state index in [0.29, 0.717) is 17.6 Å². The molecule has 1 aliphatic carbocycles. The molecule has 122 valence electrons. The molecule has 2 rings (SSSR count). The number of aromatic hydroxyl groups is 1. The number of rotatable bonds is 2. The molecular formula is C20H30O2. The molecule has 1 aliphatic rings. The van der Waals surface area contributed by atoms with E-state index in [1.165, 1.54) is 5.57 Å². The fraction of sp³-hybridized carbons (Fsp3) is 0.500. The van der Waals surface area contributed by atoms with Gasteiger partial charge in [-0.1, -0.05) is 58.1 Å². The number of benzene rings is 1. The van der Waals surface area contributed by atoms with Crippen LogP contribution in [0.5, 0.6) is 5.75 Å². The lowest BCUT2D eigenvalue weighted by Gasteiger charge is -2.22. The van der Waals surface area contributed by atoms with Gasteiger partial charge in [0, 0.05) is 0 Å². The molecule has 0 radical (unpaired) electrons. The van der Waals surface area contributed by atoms with Crippen molar-refractivity contribution < 1.29 is 10.2 Å². The van der Waals surface area contributed by atoms with Gasteiger partial charge >= 0.3 is 0 Å². The number of aliphatic hydroxyl groups is 1. The summed E-state index contributed by atoms with van der Waals surface area (Å²) >= 11 is 0. The molecule has 1 atom stereocenters. The largest absolute Gasteiger partial charge is 0.508 e. The molecule has 0 heterocycles. The summed E-state index contributed by atoms with van der Waals surface area (Å²) in [5, 5.41) is 19.0. The number of aryl methyl sites for hydroxylation is 1. The van der Waals surface area contributed by atoms with Crippen LogP contribution in [0.15, 0.2) is 42.0 Å². The Morgan fingerprint density at radius 1 is 1.09 bits per heavy atom. The number of hydrogen-bond donors (Lipinski definition) is 2. The summed E-state index contributed by atoms with van der Waals surface area (Å²) in [6.45, 7) is 12.3. The second kappa shape index (κ2) is 7.64. The zero-order chi connectivity index (χ0) is 16.9. The van der Waals surface area contributed by atoms with E-state index in [1.807, 2.05) is 38.1 Å². The van der Waals surface area contributed by atoms with Gasteiger partial charge in [0.2, 0.25) is 0 Å². The van der Waals surface area contributed by atoms with Crippen molar-refractivity contribution in [2.45, 2.75) is 59.5 Å². The molecule has 1 aromatic carbocycles. The standard InChI is InChI=1S/C10H16O.C10H14O/c1-8(2)9-4-6-10(3,11)7-5-9;1-7(2)9-5-4-8(3)6-10(9)11/h4-6,8,11H,7H2,1-3H3;4-7,11H,1-3H3. The van der Waals surface area contributed by atoms with Gasteiger partial charge in [-0.05, 0) is 54.9 Å². The zero-order valence-corrected chi connectivity index (χ0v) is 14.7. The predicted octanol–water partition coefficient (Wildman–Crippen LogP) is 5.10. The van der Waals surface area contributed by atoms with Crippen molar-refractivity contribution in [3.05, 3.63) is 53.1 Å². The Hall–Kier alpha value is -1.54. The zero-order valence-electron chi connectivity index (χ0n) is 14.7. The molecule has 0 saturated heterocycles. The Labute approximate surface area is 135 Å². The summed E-state index contributed by atoms with van der Waals surface area (Å²) in [6, 6.07) is 5.81. The first kappa shape index (κ1) is 18.5. The van der Waals surface area contributed by atoms with Crippen LogP contribution in [0.25, 0.3) is 0 Å². The molecule has 2 N–H and O–H groups in total. The van der Waals surface area contributed by atoms with Crippen molar-refractivity contribution in [1.82, 2.24) is 0 Å². The molecule has 2 nitrogen and oxygen atoms in total. The van der Waals surface area contributed by atoms with Crippen LogP contribution in [-0.2, 0) is 0 Å². The van der Waals surface area contributed by atoms with Crippen LogP contribution in [0.4, 0.5) is 0 Å². The first-order valence-corrected chi connectivity index (χ1v) is 8.03. The number of phenols is 1. The molecule has 1 aromatic rings. The summed E-state index contributed by atoms with van der Waals surface area (Å²) in [7, 11) is 0. The SMILES string of the molecule is CC(C)C1=CCC(C)(O)C=C1.Cc1ccc(C(C)C)c(O)c1. The molecule has 0 amide bonds. The average molecular weight is 302 g/mol. The van der Waals surface area contributed by atoms with Gasteiger partial charge in [-0.15, -0.1) is 0 Å². The van der Waals surface area contributed by atoms with Crippen molar-refractivity contribution in [2.75, 3.05) is 0 Å². The van der Waals surface area contributed by atoms with Crippen LogP contribution in [0.2, 0.25) is 0 Å². The molecule has 22 heavy (non-hydrogen) atoms. The van der Waals surface area contributed by atoms with Crippen LogP contribution in [0.1, 0.15) is 58.1 Å². The topological polar surface area (TPSA) is 40.5 Å². The van der Waals surface area contributed by atoms with Crippen LogP contribution in [0.3, 0.4) is 0 Å². The first-order valence-electron chi connectivity index (χ1n) is 8.03. The molecule has 0 aliphatic heterocycles. The molecular weight excluding hydrogens is 272 g/mol. The van der Waals surface area contributed by atoms with Crippen molar-refractivity contribution in [3.8, 4) is 5.75 Å². The average Bonchev–Trinajstić information content (AvgIpc) is 2.38. The van der Waals surface area contributed by atoms with E-state index in [9.17, 15) is 10.2 Å². The van der Waals surface area contributed by atoms with Crippen LogP contribution in [0, 0.1) is 12.8 Å². The Bertz CT molecular complexity index is 549. The van der Waals surface area contributed by atoms with Gasteiger partial charge in [-0.25, -0.2) is 0 Å². The summed E-state index contributed by atoms with van der Waals surface area (Å²) < 4.78 is 0. The highest BCUT2D eigenvalue weighted by Gasteiger charge is 2.18. The molecule has 0 bridgehead atoms. The predicted molar refractivity (Wildman–Crippen MR) is 94.2 cm³/mol. The van der Waals surface area contributed by atoms with Crippen LogP contribution >= 0.6 is 0 Å². The molecule has 0 fully saturated rings. The van der Waals surface area contributed by atoms with Crippen LogP contribution < -0.4 is 0 Å². The second-order valence-electron chi connectivity index (χ2n) is 6.97. The van der Waals surface area contributed by atoms with Crippen molar-refractivity contribution in [2.24, 2.45) is 5.92 Å². The molecule has 0 spiro atoms. The summed E-state index contributed by atoms with van der Waals surface area (Å²) in [5.41, 5.74) is 2.84. The lowest BCUT2D eigenvalue weighted by atomic mass is 9.90. The smallest absolute Gasteiger partial charge is 0.119 e. The maximum atomic E-state index is 9.54. The molecule has 0 saturated carbocycles. The number of hydrogen-bond acceptors (Lipinski definition) is 2. The van der Waals surface area contributed by atoms with E-state index in [0.717, 1.165) is 17.5 Å². The third kappa shape index (κ3) is 5.69. The minimum Gasteiger partial charge on any atom is -0.508 e. The molecule has 0 aromatic heterocycles. The maximum Gasteiger partial charge on any atom is 0.119 e. The quantitative estimate of drug-likeness (QED) is 0.797. The third-order valence-electron chi connectivity index (χ3n) is 3.86. The Balaban J connectivity index is 0.000000220. The number of allylic oxidation sites excluding steroid dienone is 2. The highest BCUT2D eigenvalue weighted by atomic mass is 16.3. The highest BCUT2D eigenvalue weighted by Crippen LogP contribution is 2.25. The van der Waals surface area contributed by atoms with Gasteiger partial charge in [-0.3, -0.25) is 0 Å². The summed E-state index contributed by atoms with van der Waals surface area (Å²) in [5.74, 6) is 1.39. The lowest BCUT2D eigenvalue weighted by molar-refractivity contribution is 0.113. The van der Waals surface area contributed by atoms with Crippen molar-refractivity contribution in [1.29, 1.82) is 0 Å². The van der Waals surface area contributed by atoms with E-state index in [2.05, 4.69) is 33.8 Å². The number of phenolic OH excluding ortho intramolecular Hbond substituents is 1. The fourth-order valence-corrected chi connectivity index (χ4v) is 2.31. The maximum absolute atomic E-state index is 9.54. The molecule has 1 unspecified atom stereocenters. The Morgan fingerprint density at radius 2 is 1.73 bits per heavy atom. The van der Waals surface area contributed by atoms with Gasteiger partial charge in [0.15, 0.2) is 0 Å². The van der Waals surface area contributed by atoms with E-state index in [-0.39, 0.29) is 0 Å². The Morgan fingerprint density at radius 3 is 2.14 bits per heavy atom. The van der Waals surface area contributed by atoms with Gasteiger partial charge < -0.3 is 10.2 Å². The van der Waals surface area contributed by atoms with Gasteiger partial charge in [0.05, 0.1) is 5.60 Å². The van der Waals surface area contributed by atoms with Crippen LogP contribution in [-0.4, -0.2) is 15.8 Å². The normalized spacial score (nSPS) is 20.7. The fourth-order valence-electron chi connectivity index (χ4n) is 2.31.